The molecule has 3 nitrogen and oxygen atoms in total. The van der Waals surface area contributed by atoms with E-state index in [1.807, 2.05) is 19.0 Å². The summed E-state index contributed by atoms with van der Waals surface area (Å²) in [5, 5.41) is 9.78. The highest BCUT2D eigenvalue weighted by Gasteiger charge is 2.36. The van der Waals surface area contributed by atoms with Crippen LogP contribution in [0, 0.1) is 15.4 Å². The van der Waals surface area contributed by atoms with E-state index < -0.39 is 5.97 Å². The molecule has 0 bridgehead atoms. The fourth-order valence-electron chi connectivity index (χ4n) is 4.23. The van der Waals surface area contributed by atoms with Crippen LogP contribution in [0.1, 0.15) is 81.7 Å². The molecule has 0 radical (unpaired) electrons. The normalized spacial score (nSPS) is 15.2. The maximum Gasteiger partial charge on any atom is 0.304 e. The highest BCUT2D eigenvalue weighted by atomic mass is 127. The predicted molar refractivity (Wildman–Crippen MR) is 142 cm³/mol. The van der Waals surface area contributed by atoms with Gasteiger partial charge in [0, 0.05) is 15.1 Å². The highest BCUT2D eigenvalue weighted by molar-refractivity contribution is 14.1. The van der Waals surface area contributed by atoms with E-state index in [1.165, 1.54) is 16.7 Å². The van der Waals surface area contributed by atoms with Crippen LogP contribution >= 0.6 is 22.6 Å². The SMILES string of the molecule is CN(C)CC#Cc1cc(C(C)(C)C)cc2c1C(CC(=O)O)c1c(I)cc(C(C)(C)C)cc1-2. The van der Waals surface area contributed by atoms with E-state index >= 15 is 0 Å². The Morgan fingerprint density at radius 1 is 0.969 bits per heavy atom. The minimum atomic E-state index is -0.781. The van der Waals surface area contributed by atoms with Crippen molar-refractivity contribution in [3.8, 4) is 23.0 Å². The lowest BCUT2D eigenvalue weighted by molar-refractivity contribution is -0.137. The molecule has 1 unspecified atom stereocenters. The molecule has 2 aromatic rings. The van der Waals surface area contributed by atoms with Gasteiger partial charge in [-0.3, -0.25) is 9.69 Å². The number of hydrogen-bond acceptors (Lipinski definition) is 2. The van der Waals surface area contributed by atoms with Crippen LogP contribution in [0.2, 0.25) is 0 Å². The number of carbonyl (C=O) groups is 1. The van der Waals surface area contributed by atoms with E-state index in [-0.39, 0.29) is 23.2 Å². The molecule has 1 aliphatic carbocycles. The van der Waals surface area contributed by atoms with Crippen molar-refractivity contribution in [1.29, 1.82) is 0 Å². The topological polar surface area (TPSA) is 40.5 Å². The summed E-state index contributed by atoms with van der Waals surface area (Å²) in [5.74, 6) is 5.73. The molecule has 1 atom stereocenters. The fraction of sp³-hybridized carbons (Fsp3) is 0.464. The van der Waals surface area contributed by atoms with Crippen LogP contribution < -0.4 is 0 Å². The second-order valence-electron chi connectivity index (χ2n) is 11.1. The molecule has 0 saturated carbocycles. The average Bonchev–Trinajstić information content (AvgIpc) is 2.94. The Labute approximate surface area is 206 Å². The van der Waals surface area contributed by atoms with Gasteiger partial charge in [-0.25, -0.2) is 0 Å². The molecular weight excluding hydrogens is 509 g/mol. The zero-order chi connectivity index (χ0) is 24.0. The molecule has 1 aliphatic rings. The summed E-state index contributed by atoms with van der Waals surface area (Å²) in [6.45, 7) is 14.0. The molecule has 0 spiro atoms. The van der Waals surface area contributed by atoms with Crippen LogP contribution in [0.5, 0.6) is 0 Å². The minimum Gasteiger partial charge on any atom is -0.481 e. The summed E-state index contributed by atoms with van der Waals surface area (Å²) in [5.41, 5.74) is 7.96. The van der Waals surface area contributed by atoms with Gasteiger partial charge in [-0.05, 0) is 93.0 Å². The van der Waals surface area contributed by atoms with E-state index in [2.05, 4.69) is 100 Å². The first-order valence-corrected chi connectivity index (χ1v) is 12.2. The Balaban J connectivity index is 2.38. The van der Waals surface area contributed by atoms with Crippen LogP contribution in [-0.4, -0.2) is 36.6 Å². The Morgan fingerprint density at radius 2 is 1.50 bits per heavy atom. The average molecular weight is 543 g/mol. The van der Waals surface area contributed by atoms with Crippen molar-refractivity contribution in [2.45, 2.75) is 64.7 Å². The summed E-state index contributed by atoms with van der Waals surface area (Å²) < 4.78 is 1.14. The van der Waals surface area contributed by atoms with E-state index in [0.29, 0.717) is 6.54 Å². The molecule has 0 heterocycles. The van der Waals surface area contributed by atoms with Crippen LogP contribution in [0.15, 0.2) is 24.3 Å². The largest absolute Gasteiger partial charge is 0.481 e. The van der Waals surface area contributed by atoms with Crippen molar-refractivity contribution in [3.63, 3.8) is 0 Å². The van der Waals surface area contributed by atoms with Crippen molar-refractivity contribution in [1.82, 2.24) is 4.90 Å². The molecule has 0 amide bonds. The number of fused-ring (bicyclic) bond motifs is 3. The van der Waals surface area contributed by atoms with E-state index in [0.717, 1.165) is 25.8 Å². The first-order chi connectivity index (χ1) is 14.7. The Bertz CT molecular complexity index is 1120. The molecule has 0 aromatic heterocycles. The van der Waals surface area contributed by atoms with Crippen molar-refractivity contribution < 1.29 is 9.90 Å². The smallest absolute Gasteiger partial charge is 0.304 e. The van der Waals surface area contributed by atoms with Gasteiger partial charge in [-0.1, -0.05) is 65.5 Å². The fourth-order valence-corrected chi connectivity index (χ4v) is 5.23. The van der Waals surface area contributed by atoms with Crippen molar-refractivity contribution in [2.75, 3.05) is 20.6 Å². The maximum atomic E-state index is 11.9. The van der Waals surface area contributed by atoms with Gasteiger partial charge in [0.2, 0.25) is 0 Å². The van der Waals surface area contributed by atoms with E-state index in [1.54, 1.807) is 0 Å². The number of hydrogen-bond donors (Lipinski definition) is 1. The summed E-state index contributed by atoms with van der Waals surface area (Å²) in [4.78, 5) is 14.0. The summed E-state index contributed by atoms with van der Waals surface area (Å²) in [6, 6.07) is 8.96. The molecule has 4 heteroatoms. The van der Waals surface area contributed by atoms with Gasteiger partial charge in [0.1, 0.15) is 0 Å². The second kappa shape index (κ2) is 8.83. The number of halogens is 1. The predicted octanol–water partition coefficient (Wildman–Crippen LogP) is 6.39. The summed E-state index contributed by atoms with van der Waals surface area (Å²) in [6.07, 6.45) is 0.0715. The lowest BCUT2D eigenvalue weighted by atomic mass is 9.82. The Kier molecular flexibility index (Phi) is 6.85. The van der Waals surface area contributed by atoms with Gasteiger partial charge in [0.25, 0.3) is 0 Å². The third-order valence-corrected chi connectivity index (χ3v) is 6.92. The quantitative estimate of drug-likeness (QED) is 0.361. The Morgan fingerprint density at radius 3 is 2.00 bits per heavy atom. The zero-order valence-corrected chi connectivity index (χ0v) is 22.6. The number of carboxylic acid groups (broad SMARTS) is 1. The number of aliphatic carboxylic acids is 1. The van der Waals surface area contributed by atoms with Gasteiger partial charge in [-0.2, -0.15) is 0 Å². The second-order valence-corrected chi connectivity index (χ2v) is 12.3. The van der Waals surface area contributed by atoms with Crippen molar-refractivity contribution >= 4 is 28.6 Å². The summed E-state index contributed by atoms with van der Waals surface area (Å²) >= 11 is 2.39. The third-order valence-electron chi connectivity index (χ3n) is 6.03. The highest BCUT2D eigenvalue weighted by Crippen LogP contribution is 2.51. The molecule has 0 aliphatic heterocycles. The summed E-state index contributed by atoms with van der Waals surface area (Å²) in [7, 11) is 4.01. The monoisotopic (exact) mass is 543 g/mol. The lowest BCUT2D eigenvalue weighted by Gasteiger charge is -2.22. The van der Waals surface area contributed by atoms with Gasteiger partial charge in [0.15, 0.2) is 0 Å². The minimum absolute atomic E-state index is 0.00990. The molecular formula is C28H34INO2. The van der Waals surface area contributed by atoms with Crippen LogP contribution in [-0.2, 0) is 15.6 Å². The third kappa shape index (κ3) is 5.05. The van der Waals surface area contributed by atoms with Crippen molar-refractivity contribution in [2.24, 2.45) is 0 Å². The first-order valence-electron chi connectivity index (χ1n) is 11.1. The van der Waals surface area contributed by atoms with Crippen molar-refractivity contribution in [3.05, 3.63) is 55.7 Å². The van der Waals surface area contributed by atoms with E-state index in [4.69, 9.17) is 0 Å². The van der Waals surface area contributed by atoms with Crippen LogP contribution in [0.4, 0.5) is 0 Å². The standard InChI is InChI=1S/C28H34INO2/c1-27(2,3)18-12-17(10-9-11-30(7)8)25-20(13-18)21-14-19(28(4,5)6)15-23(29)26(21)22(25)16-24(31)32/h12-15,22H,11,16H2,1-8H3,(H,31,32). The number of rotatable bonds is 3. The number of benzene rings is 2. The van der Waals surface area contributed by atoms with Gasteiger partial charge in [0.05, 0.1) is 13.0 Å². The molecule has 3 rings (SSSR count). The Hall–Kier alpha value is -1.84. The number of nitrogens with zero attached hydrogens (tertiary/aromatic N) is 1. The lowest BCUT2D eigenvalue weighted by Crippen LogP contribution is -2.14. The van der Waals surface area contributed by atoms with Gasteiger partial charge in [-0.15, -0.1) is 0 Å². The van der Waals surface area contributed by atoms with E-state index in [9.17, 15) is 9.90 Å². The molecule has 0 fully saturated rings. The molecule has 1 N–H and O–H groups in total. The zero-order valence-electron chi connectivity index (χ0n) is 20.5. The first kappa shape index (κ1) is 24.8. The molecule has 170 valence electrons. The number of carboxylic acids is 1. The van der Waals surface area contributed by atoms with Crippen LogP contribution in [0.25, 0.3) is 11.1 Å². The van der Waals surface area contributed by atoms with Crippen LogP contribution in [0.3, 0.4) is 0 Å². The maximum absolute atomic E-state index is 11.9. The molecule has 32 heavy (non-hydrogen) atoms. The molecule has 2 aromatic carbocycles. The van der Waals surface area contributed by atoms with Gasteiger partial charge < -0.3 is 5.11 Å². The molecule has 0 saturated heterocycles. The van der Waals surface area contributed by atoms with Gasteiger partial charge >= 0.3 is 5.97 Å².